The van der Waals surface area contributed by atoms with Crippen molar-refractivity contribution in [2.75, 3.05) is 26.4 Å². The van der Waals surface area contributed by atoms with Crippen molar-refractivity contribution in [2.45, 2.75) is 238 Å². The van der Waals surface area contributed by atoms with Crippen molar-refractivity contribution in [3.8, 4) is 0 Å². The van der Waals surface area contributed by atoms with Crippen LogP contribution in [-0.4, -0.2) is 49.3 Å². The first-order valence-electron chi connectivity index (χ1n) is 28.4. The van der Waals surface area contributed by atoms with Crippen molar-refractivity contribution < 1.29 is 37.6 Å². The molecule has 406 valence electrons. The van der Waals surface area contributed by atoms with Crippen LogP contribution in [-0.2, 0) is 32.7 Å². The number of hydrogen-bond donors (Lipinski definition) is 2. The van der Waals surface area contributed by atoms with Crippen molar-refractivity contribution in [3.63, 3.8) is 0 Å². The summed E-state index contributed by atoms with van der Waals surface area (Å²) in [5.41, 5.74) is 5.38. The van der Waals surface area contributed by atoms with Crippen molar-refractivity contribution in [2.24, 2.45) is 5.73 Å². The van der Waals surface area contributed by atoms with Crippen molar-refractivity contribution in [3.05, 3.63) is 109 Å². The molecule has 0 spiro atoms. The Hall–Kier alpha value is -3.33. The van der Waals surface area contributed by atoms with E-state index >= 15 is 0 Å². The van der Waals surface area contributed by atoms with E-state index in [2.05, 4.69) is 123 Å². The maximum atomic E-state index is 12.7. The Bertz CT molecular complexity index is 1530. The van der Waals surface area contributed by atoms with Gasteiger partial charge >= 0.3 is 19.8 Å². The number of ether oxygens (including phenoxy) is 2. The molecule has 0 aromatic heterocycles. The van der Waals surface area contributed by atoms with Gasteiger partial charge < -0.3 is 20.1 Å². The summed E-state index contributed by atoms with van der Waals surface area (Å²) in [7, 11) is -4.40. The summed E-state index contributed by atoms with van der Waals surface area (Å²) in [6.07, 6.45) is 75.6. The first-order valence-corrected chi connectivity index (χ1v) is 29.9. The number of carbonyl (C=O) groups excluding carboxylic acids is 2. The molecular formula is C61H104NO8P. The third-order valence-electron chi connectivity index (χ3n) is 11.6. The third-order valence-corrected chi connectivity index (χ3v) is 12.6. The highest BCUT2D eigenvalue weighted by molar-refractivity contribution is 7.47. The van der Waals surface area contributed by atoms with Crippen LogP contribution in [0.1, 0.15) is 232 Å². The molecule has 9 nitrogen and oxygen atoms in total. The molecule has 71 heavy (non-hydrogen) atoms. The molecule has 2 unspecified atom stereocenters. The second kappa shape index (κ2) is 56.0. The van der Waals surface area contributed by atoms with Crippen LogP contribution in [0.3, 0.4) is 0 Å². The van der Waals surface area contributed by atoms with E-state index in [-0.39, 0.29) is 32.6 Å². The van der Waals surface area contributed by atoms with Crippen molar-refractivity contribution in [1.82, 2.24) is 0 Å². The lowest BCUT2D eigenvalue weighted by Crippen LogP contribution is -2.29. The number of allylic oxidation sites excluding steroid dienone is 18. The molecule has 0 bridgehead atoms. The van der Waals surface area contributed by atoms with Crippen molar-refractivity contribution >= 4 is 19.8 Å². The van der Waals surface area contributed by atoms with Gasteiger partial charge in [0.15, 0.2) is 6.10 Å². The number of phosphoric ester groups is 1. The quantitative estimate of drug-likeness (QED) is 0.0264. The monoisotopic (exact) mass is 1010 g/mol. The van der Waals surface area contributed by atoms with Crippen LogP contribution in [0.25, 0.3) is 0 Å². The molecule has 0 aliphatic heterocycles. The van der Waals surface area contributed by atoms with Gasteiger partial charge in [-0.2, -0.15) is 0 Å². The summed E-state index contributed by atoms with van der Waals surface area (Å²) in [5, 5.41) is 0. The Labute approximate surface area is 435 Å². The van der Waals surface area contributed by atoms with Gasteiger partial charge in [0.2, 0.25) is 0 Å². The molecule has 0 heterocycles. The highest BCUT2D eigenvalue weighted by Crippen LogP contribution is 2.43. The predicted octanol–water partition coefficient (Wildman–Crippen LogP) is 17.8. The molecule has 2 atom stereocenters. The fourth-order valence-electron chi connectivity index (χ4n) is 7.47. The van der Waals surface area contributed by atoms with Crippen LogP contribution in [0.2, 0.25) is 0 Å². The van der Waals surface area contributed by atoms with E-state index in [1.807, 2.05) is 0 Å². The number of hydrogen-bond acceptors (Lipinski definition) is 8. The van der Waals surface area contributed by atoms with E-state index in [0.717, 1.165) is 96.3 Å². The van der Waals surface area contributed by atoms with Gasteiger partial charge in [-0.1, -0.05) is 226 Å². The number of unbranched alkanes of at least 4 members (excludes halogenated alkanes) is 21. The fraction of sp³-hybridized carbons (Fsp3) is 0.672. The number of esters is 2. The van der Waals surface area contributed by atoms with E-state index in [9.17, 15) is 19.0 Å². The molecule has 0 saturated heterocycles. The lowest BCUT2D eigenvalue weighted by atomic mass is 10.1. The predicted molar refractivity (Wildman–Crippen MR) is 302 cm³/mol. The van der Waals surface area contributed by atoms with Crippen molar-refractivity contribution in [1.29, 1.82) is 0 Å². The zero-order valence-electron chi connectivity index (χ0n) is 45.2. The maximum absolute atomic E-state index is 12.7. The Balaban J connectivity index is 4.10. The normalized spacial score (nSPS) is 13.9. The van der Waals surface area contributed by atoms with Gasteiger partial charge in [0.05, 0.1) is 13.2 Å². The van der Waals surface area contributed by atoms with Gasteiger partial charge in [-0.25, -0.2) is 4.57 Å². The number of rotatable bonds is 52. The molecule has 0 amide bonds. The van der Waals surface area contributed by atoms with E-state index in [1.165, 1.54) is 103 Å². The summed E-state index contributed by atoms with van der Waals surface area (Å²) < 4.78 is 33.0. The second-order valence-corrected chi connectivity index (χ2v) is 19.9. The van der Waals surface area contributed by atoms with Crippen LogP contribution in [0.5, 0.6) is 0 Å². The molecule has 0 aromatic rings. The van der Waals surface area contributed by atoms with Crippen LogP contribution in [0.15, 0.2) is 109 Å². The molecule has 10 heteroatoms. The molecule has 0 aromatic carbocycles. The Kier molecular flexibility index (Phi) is 53.3. The average molecular weight is 1010 g/mol. The average Bonchev–Trinajstić information content (AvgIpc) is 3.36. The minimum absolute atomic E-state index is 0.0431. The lowest BCUT2D eigenvalue weighted by Gasteiger charge is -2.19. The molecule has 0 rings (SSSR count). The van der Waals surface area contributed by atoms with E-state index in [4.69, 9.17) is 24.3 Å². The van der Waals surface area contributed by atoms with Gasteiger partial charge in [0.25, 0.3) is 0 Å². The fourth-order valence-corrected chi connectivity index (χ4v) is 8.23. The van der Waals surface area contributed by atoms with Gasteiger partial charge in [-0.15, -0.1) is 0 Å². The Morgan fingerprint density at radius 1 is 0.437 bits per heavy atom. The minimum atomic E-state index is -4.40. The van der Waals surface area contributed by atoms with Crippen LogP contribution < -0.4 is 5.73 Å². The highest BCUT2D eigenvalue weighted by Gasteiger charge is 2.26. The SMILES string of the molecule is CC/C=C\C/C=C\C/C=C\C/C=C\C/C=C\C/C=C\C/C=C\C/C=C\CCCCCCC(=O)OC(COC(=O)CCCCCCCCCCC/C=C\CCCCCCCCCC)COP(=O)(O)OCCN. The summed E-state index contributed by atoms with van der Waals surface area (Å²) >= 11 is 0. The summed E-state index contributed by atoms with van der Waals surface area (Å²) in [6, 6.07) is 0. The van der Waals surface area contributed by atoms with E-state index < -0.39 is 32.5 Å². The van der Waals surface area contributed by atoms with Gasteiger partial charge in [-0.3, -0.25) is 18.6 Å². The summed E-state index contributed by atoms with van der Waals surface area (Å²) in [6.45, 7) is 3.60. The van der Waals surface area contributed by atoms with Crippen LogP contribution >= 0.6 is 7.82 Å². The molecule has 0 fully saturated rings. The second-order valence-electron chi connectivity index (χ2n) is 18.4. The Morgan fingerprint density at radius 2 is 0.775 bits per heavy atom. The first-order chi connectivity index (χ1) is 34.8. The smallest absolute Gasteiger partial charge is 0.462 e. The topological polar surface area (TPSA) is 134 Å². The molecule has 0 radical (unpaired) electrons. The molecule has 0 saturated carbocycles. The number of phosphoric acid groups is 1. The zero-order valence-corrected chi connectivity index (χ0v) is 46.1. The highest BCUT2D eigenvalue weighted by atomic mass is 31.2. The molecular weight excluding hydrogens is 906 g/mol. The third kappa shape index (κ3) is 55.8. The molecule has 0 aliphatic rings. The zero-order chi connectivity index (χ0) is 51.7. The largest absolute Gasteiger partial charge is 0.472 e. The first kappa shape index (κ1) is 67.7. The standard InChI is InChI=1S/C61H104NO8P/c1-3-5-7-9-11-13-15-17-19-21-23-25-26-27-28-29-30-31-32-34-36-38-40-42-44-46-48-50-52-54-61(64)70-59(58-69-71(65,66)68-56-55-62)57-67-60(63)53-51-49-47-45-43-41-39-37-35-33-24-22-20-18-16-14-12-10-8-6-4-2/h5,7,11,13,17,19,22-25,27-28,30-31,34,36,40,42,59H,3-4,6,8-10,12,14-16,18,20-21,26,29,32-33,35,37-39,41,43-58,62H2,1-2H3,(H,65,66)/b7-5-,13-11-,19-17-,24-22-,25-23-,28-27-,31-30-,36-34-,42-40-. The van der Waals surface area contributed by atoms with E-state index in [0.29, 0.717) is 6.42 Å². The number of carbonyl (C=O) groups is 2. The summed E-state index contributed by atoms with van der Waals surface area (Å²) in [4.78, 5) is 35.2. The van der Waals surface area contributed by atoms with Gasteiger partial charge in [-0.05, 0) is 103 Å². The van der Waals surface area contributed by atoms with Gasteiger partial charge in [0, 0.05) is 19.4 Å². The van der Waals surface area contributed by atoms with Gasteiger partial charge in [0.1, 0.15) is 6.61 Å². The van der Waals surface area contributed by atoms with Crippen LogP contribution in [0, 0.1) is 0 Å². The van der Waals surface area contributed by atoms with E-state index in [1.54, 1.807) is 0 Å². The maximum Gasteiger partial charge on any atom is 0.472 e. The van der Waals surface area contributed by atoms with Crippen LogP contribution in [0.4, 0.5) is 0 Å². The molecule has 3 N–H and O–H groups in total. The minimum Gasteiger partial charge on any atom is -0.462 e. The summed E-state index contributed by atoms with van der Waals surface area (Å²) in [5.74, 6) is -0.863. The Morgan fingerprint density at radius 3 is 1.17 bits per heavy atom. The number of nitrogens with two attached hydrogens (primary N) is 1. The lowest BCUT2D eigenvalue weighted by molar-refractivity contribution is -0.161. The molecule has 0 aliphatic carbocycles.